The standard InChI is InChI=1S/C12H15FN2O2S/c1-7(6-10(14)18)15(2)12(17)11-8(13)4-3-5-9(11)16/h3-5,7,16H,6H2,1-2H3,(H2,14,18). The Balaban J connectivity index is 2.96. The molecule has 0 aliphatic carbocycles. The highest BCUT2D eigenvalue weighted by Gasteiger charge is 2.23. The van der Waals surface area contributed by atoms with Crippen LogP contribution in [0.1, 0.15) is 23.7 Å². The van der Waals surface area contributed by atoms with Crippen molar-refractivity contribution in [3.05, 3.63) is 29.6 Å². The Morgan fingerprint density at radius 1 is 1.61 bits per heavy atom. The van der Waals surface area contributed by atoms with Crippen LogP contribution in [0.4, 0.5) is 4.39 Å². The molecular formula is C12H15FN2O2S. The van der Waals surface area contributed by atoms with E-state index in [1.54, 1.807) is 6.92 Å². The first-order valence-corrected chi connectivity index (χ1v) is 5.78. The molecule has 1 aromatic carbocycles. The van der Waals surface area contributed by atoms with E-state index in [1.807, 2.05) is 0 Å². The number of amides is 1. The number of thiocarbonyl (C=S) groups is 1. The molecule has 0 aromatic heterocycles. The van der Waals surface area contributed by atoms with Gasteiger partial charge >= 0.3 is 0 Å². The van der Waals surface area contributed by atoms with E-state index in [2.05, 4.69) is 0 Å². The molecule has 1 atom stereocenters. The van der Waals surface area contributed by atoms with Gasteiger partial charge in [-0.25, -0.2) is 4.39 Å². The van der Waals surface area contributed by atoms with Crippen LogP contribution in [-0.2, 0) is 0 Å². The third-order valence-electron chi connectivity index (χ3n) is 2.68. The molecule has 0 spiro atoms. The average molecular weight is 270 g/mol. The minimum Gasteiger partial charge on any atom is -0.507 e. The van der Waals surface area contributed by atoms with E-state index in [-0.39, 0.29) is 22.3 Å². The quantitative estimate of drug-likeness (QED) is 0.817. The van der Waals surface area contributed by atoms with E-state index >= 15 is 0 Å². The predicted octanol–water partition coefficient (Wildman–Crippen LogP) is 1.67. The van der Waals surface area contributed by atoms with Crippen molar-refractivity contribution in [2.24, 2.45) is 5.73 Å². The number of hydrogen-bond acceptors (Lipinski definition) is 3. The van der Waals surface area contributed by atoms with E-state index in [4.69, 9.17) is 18.0 Å². The van der Waals surface area contributed by atoms with Gasteiger partial charge in [0.1, 0.15) is 17.1 Å². The molecule has 98 valence electrons. The maximum atomic E-state index is 13.5. The lowest BCUT2D eigenvalue weighted by Gasteiger charge is -2.25. The number of nitrogens with two attached hydrogens (primary N) is 1. The van der Waals surface area contributed by atoms with Crippen molar-refractivity contribution < 1.29 is 14.3 Å². The summed E-state index contributed by atoms with van der Waals surface area (Å²) < 4.78 is 13.5. The number of phenolic OH excluding ortho intramolecular Hbond substituents is 1. The molecule has 18 heavy (non-hydrogen) atoms. The van der Waals surface area contributed by atoms with Gasteiger partial charge in [-0.3, -0.25) is 4.79 Å². The monoisotopic (exact) mass is 270 g/mol. The van der Waals surface area contributed by atoms with E-state index < -0.39 is 11.7 Å². The van der Waals surface area contributed by atoms with Gasteiger partial charge in [-0.1, -0.05) is 18.3 Å². The van der Waals surface area contributed by atoms with Gasteiger partial charge in [0.25, 0.3) is 5.91 Å². The van der Waals surface area contributed by atoms with Gasteiger partial charge in [-0.15, -0.1) is 0 Å². The second kappa shape index (κ2) is 5.77. The molecule has 0 saturated carbocycles. The Hall–Kier alpha value is -1.69. The highest BCUT2D eigenvalue weighted by Crippen LogP contribution is 2.22. The molecule has 0 aliphatic heterocycles. The van der Waals surface area contributed by atoms with E-state index in [1.165, 1.54) is 24.1 Å². The minimum absolute atomic E-state index is 0.269. The summed E-state index contributed by atoms with van der Waals surface area (Å²) in [6, 6.07) is 3.45. The lowest BCUT2D eigenvalue weighted by atomic mass is 10.1. The van der Waals surface area contributed by atoms with Gasteiger partial charge in [0.05, 0.1) is 4.99 Å². The summed E-state index contributed by atoms with van der Waals surface area (Å²) in [4.78, 5) is 13.6. The summed E-state index contributed by atoms with van der Waals surface area (Å²) >= 11 is 4.76. The molecule has 4 nitrogen and oxygen atoms in total. The first-order valence-electron chi connectivity index (χ1n) is 5.37. The van der Waals surface area contributed by atoms with Crippen LogP contribution in [0.15, 0.2) is 18.2 Å². The highest BCUT2D eigenvalue weighted by atomic mass is 32.1. The summed E-state index contributed by atoms with van der Waals surface area (Å²) in [5.74, 6) is -1.74. The van der Waals surface area contributed by atoms with Crippen LogP contribution in [0.5, 0.6) is 5.75 Å². The third kappa shape index (κ3) is 3.16. The lowest BCUT2D eigenvalue weighted by Crippen LogP contribution is -2.37. The van der Waals surface area contributed by atoms with Crippen molar-refractivity contribution >= 4 is 23.1 Å². The first-order chi connectivity index (χ1) is 8.34. The van der Waals surface area contributed by atoms with Gasteiger partial charge in [0, 0.05) is 19.5 Å². The molecule has 0 bridgehead atoms. The van der Waals surface area contributed by atoms with Crippen molar-refractivity contribution in [1.29, 1.82) is 0 Å². The third-order valence-corrected chi connectivity index (χ3v) is 2.85. The van der Waals surface area contributed by atoms with Crippen molar-refractivity contribution in [2.75, 3.05) is 7.05 Å². The molecule has 1 amide bonds. The van der Waals surface area contributed by atoms with Crippen LogP contribution in [0.3, 0.4) is 0 Å². The Kier molecular flexibility index (Phi) is 4.61. The Bertz CT molecular complexity index is 459. The molecule has 0 saturated heterocycles. The summed E-state index contributed by atoms with van der Waals surface area (Å²) in [5.41, 5.74) is 5.06. The number of carbonyl (C=O) groups is 1. The summed E-state index contributed by atoms with van der Waals surface area (Å²) in [6.45, 7) is 1.74. The fraction of sp³-hybridized carbons (Fsp3) is 0.333. The fourth-order valence-corrected chi connectivity index (χ4v) is 1.77. The molecule has 6 heteroatoms. The lowest BCUT2D eigenvalue weighted by molar-refractivity contribution is 0.0740. The fourth-order valence-electron chi connectivity index (χ4n) is 1.53. The van der Waals surface area contributed by atoms with Crippen molar-refractivity contribution in [2.45, 2.75) is 19.4 Å². The number of benzene rings is 1. The molecule has 0 fully saturated rings. The number of nitrogens with zero attached hydrogens (tertiary/aromatic N) is 1. The second-order valence-electron chi connectivity index (χ2n) is 4.07. The topological polar surface area (TPSA) is 66.6 Å². The van der Waals surface area contributed by atoms with Crippen LogP contribution in [0.2, 0.25) is 0 Å². The average Bonchev–Trinajstić information content (AvgIpc) is 2.26. The molecule has 0 aliphatic rings. The van der Waals surface area contributed by atoms with E-state index in [9.17, 15) is 14.3 Å². The Morgan fingerprint density at radius 2 is 2.22 bits per heavy atom. The van der Waals surface area contributed by atoms with Crippen molar-refractivity contribution in [3.63, 3.8) is 0 Å². The smallest absolute Gasteiger partial charge is 0.260 e. The number of rotatable bonds is 4. The zero-order chi connectivity index (χ0) is 13.9. The van der Waals surface area contributed by atoms with Gasteiger partial charge < -0.3 is 15.7 Å². The number of halogens is 1. The molecule has 1 aromatic rings. The van der Waals surface area contributed by atoms with Gasteiger partial charge in [-0.2, -0.15) is 0 Å². The molecule has 1 rings (SSSR count). The predicted molar refractivity (Wildman–Crippen MR) is 71.0 cm³/mol. The normalized spacial score (nSPS) is 11.9. The minimum atomic E-state index is -0.755. The number of aromatic hydroxyl groups is 1. The van der Waals surface area contributed by atoms with Crippen LogP contribution >= 0.6 is 12.2 Å². The zero-order valence-corrected chi connectivity index (χ0v) is 11.0. The first kappa shape index (κ1) is 14.4. The van der Waals surface area contributed by atoms with Crippen molar-refractivity contribution in [1.82, 2.24) is 4.90 Å². The molecule has 0 heterocycles. The zero-order valence-electron chi connectivity index (χ0n) is 10.2. The number of hydrogen-bond donors (Lipinski definition) is 2. The Morgan fingerprint density at radius 3 is 2.72 bits per heavy atom. The van der Waals surface area contributed by atoms with Crippen LogP contribution in [-0.4, -0.2) is 34.0 Å². The van der Waals surface area contributed by atoms with Crippen LogP contribution in [0, 0.1) is 5.82 Å². The van der Waals surface area contributed by atoms with Gasteiger partial charge in [0.15, 0.2) is 0 Å². The molecule has 1 unspecified atom stereocenters. The maximum Gasteiger partial charge on any atom is 0.260 e. The summed E-state index contributed by atoms with van der Waals surface area (Å²) in [7, 11) is 1.51. The van der Waals surface area contributed by atoms with Crippen molar-refractivity contribution in [3.8, 4) is 5.75 Å². The SMILES string of the molecule is CC(CC(N)=S)N(C)C(=O)c1c(O)cccc1F. The van der Waals surface area contributed by atoms with Gasteiger partial charge in [0.2, 0.25) is 0 Å². The second-order valence-corrected chi connectivity index (χ2v) is 4.59. The van der Waals surface area contributed by atoms with Gasteiger partial charge in [-0.05, 0) is 19.1 Å². The number of carbonyl (C=O) groups excluding carboxylic acids is 1. The molecule has 3 N–H and O–H groups in total. The molecule has 0 radical (unpaired) electrons. The summed E-state index contributed by atoms with van der Waals surface area (Å²) in [6.07, 6.45) is 0.340. The highest BCUT2D eigenvalue weighted by molar-refractivity contribution is 7.80. The maximum absolute atomic E-state index is 13.5. The number of phenols is 1. The van der Waals surface area contributed by atoms with Crippen LogP contribution in [0.25, 0.3) is 0 Å². The van der Waals surface area contributed by atoms with E-state index in [0.717, 1.165) is 6.07 Å². The largest absolute Gasteiger partial charge is 0.507 e. The van der Waals surface area contributed by atoms with Crippen LogP contribution < -0.4 is 5.73 Å². The van der Waals surface area contributed by atoms with E-state index in [0.29, 0.717) is 6.42 Å². The molecular weight excluding hydrogens is 255 g/mol. The summed E-state index contributed by atoms with van der Waals surface area (Å²) in [5, 5.41) is 9.54. The Labute approximate surface area is 110 Å².